The van der Waals surface area contributed by atoms with Gasteiger partial charge in [0, 0.05) is 22.7 Å². The Kier molecular flexibility index (Phi) is 8.77. The van der Waals surface area contributed by atoms with E-state index in [0.717, 1.165) is 48.0 Å². The van der Waals surface area contributed by atoms with E-state index >= 15 is 4.39 Å². The predicted molar refractivity (Wildman–Crippen MR) is 150 cm³/mol. The molecule has 5 rings (SSSR count). The fourth-order valence-electron chi connectivity index (χ4n) is 4.60. The first-order chi connectivity index (χ1) is 21.5. The van der Waals surface area contributed by atoms with Crippen LogP contribution in [-0.4, -0.2) is 48.0 Å². The van der Waals surface area contributed by atoms with E-state index in [-0.39, 0.29) is 46.2 Å². The maximum Gasteiger partial charge on any atom is 0.416 e. The summed E-state index contributed by atoms with van der Waals surface area (Å²) in [5.41, 5.74) is -3.38. The van der Waals surface area contributed by atoms with Crippen LogP contribution in [-0.2, 0) is 12.4 Å². The molecule has 1 unspecified atom stereocenters. The Morgan fingerprint density at radius 1 is 1.02 bits per heavy atom. The van der Waals surface area contributed by atoms with Crippen molar-refractivity contribution in [3.63, 3.8) is 0 Å². The second-order valence-corrected chi connectivity index (χ2v) is 11.1. The molecule has 2 aromatic carbocycles. The lowest BCUT2D eigenvalue weighted by Crippen LogP contribution is -2.37. The van der Waals surface area contributed by atoms with Crippen LogP contribution >= 0.6 is 11.6 Å². The summed E-state index contributed by atoms with van der Waals surface area (Å²) < 4.78 is 95.7. The van der Waals surface area contributed by atoms with Gasteiger partial charge in [-0.3, -0.25) is 9.59 Å². The van der Waals surface area contributed by atoms with E-state index in [1.807, 2.05) is 0 Å². The van der Waals surface area contributed by atoms with Crippen molar-refractivity contribution in [3.8, 4) is 5.95 Å². The van der Waals surface area contributed by atoms with Crippen LogP contribution in [0.4, 0.5) is 36.4 Å². The molecule has 2 amide bonds. The normalized spacial score (nSPS) is 14.2. The summed E-state index contributed by atoms with van der Waals surface area (Å²) >= 11 is 5.93. The Morgan fingerprint density at radius 2 is 1.70 bits per heavy atom. The number of alkyl halides is 6. The number of carbonyl (C=O) groups is 2. The highest BCUT2D eigenvalue weighted by atomic mass is 35.5. The Hall–Kier alpha value is -4.60. The van der Waals surface area contributed by atoms with Gasteiger partial charge >= 0.3 is 12.4 Å². The van der Waals surface area contributed by atoms with Crippen molar-refractivity contribution in [2.45, 2.75) is 45.1 Å². The molecular formula is C29H23ClF7N7O2. The van der Waals surface area contributed by atoms with Crippen LogP contribution in [0.25, 0.3) is 5.95 Å². The van der Waals surface area contributed by atoms with Gasteiger partial charge < -0.3 is 10.2 Å². The maximum atomic E-state index is 15.1. The van der Waals surface area contributed by atoms with Crippen molar-refractivity contribution >= 4 is 29.1 Å². The minimum atomic E-state index is -4.75. The summed E-state index contributed by atoms with van der Waals surface area (Å²) in [6.07, 6.45) is -6.96. The zero-order valence-electron chi connectivity index (χ0n) is 23.9. The highest BCUT2D eigenvalue weighted by Gasteiger charge is 2.36. The van der Waals surface area contributed by atoms with Crippen LogP contribution in [0.5, 0.6) is 0 Å². The highest BCUT2D eigenvalue weighted by molar-refractivity contribution is 6.31. The summed E-state index contributed by atoms with van der Waals surface area (Å²) in [7, 11) is 0. The molecule has 9 nitrogen and oxygen atoms in total. The average Bonchev–Trinajstić information content (AvgIpc) is 3.73. The maximum absolute atomic E-state index is 15.1. The van der Waals surface area contributed by atoms with Crippen molar-refractivity contribution in [3.05, 3.63) is 93.5 Å². The van der Waals surface area contributed by atoms with Gasteiger partial charge in [0.2, 0.25) is 5.95 Å². The van der Waals surface area contributed by atoms with Crippen LogP contribution < -0.4 is 5.32 Å². The molecule has 17 heteroatoms. The Balaban J connectivity index is 1.43. The van der Waals surface area contributed by atoms with Crippen LogP contribution in [0.1, 0.15) is 69.3 Å². The van der Waals surface area contributed by atoms with Crippen molar-refractivity contribution < 1.29 is 40.3 Å². The molecular weight excluding hydrogens is 647 g/mol. The standard InChI is InChI=1S/C29H23ClF7N7O2/c1-14(43(13-16-6-7-16)26(46)18-9-20(29(35,36)37)11-21(30)10-18)24-39-15(2)42-44(24)27-38-12-22(23(31)41-27)40-25(45)17-4-3-5-19(8-17)28(32,33)34/h3-5,8-12,14,16H,6-7,13H2,1-2H3,(H,40,45). The van der Waals surface area contributed by atoms with E-state index in [1.165, 1.54) is 11.8 Å². The number of nitrogens with one attached hydrogen (secondary N) is 1. The molecule has 0 spiro atoms. The highest BCUT2D eigenvalue weighted by Crippen LogP contribution is 2.36. The quantitative estimate of drug-likeness (QED) is 0.159. The van der Waals surface area contributed by atoms with Gasteiger partial charge in [-0.2, -0.15) is 40.4 Å². The number of benzene rings is 2. The fraction of sp³-hybridized carbons (Fsp3) is 0.310. The molecule has 2 aromatic heterocycles. The summed E-state index contributed by atoms with van der Waals surface area (Å²) in [6.45, 7) is 3.25. The predicted octanol–water partition coefficient (Wildman–Crippen LogP) is 7.06. The Labute approximate surface area is 261 Å². The minimum Gasteiger partial charge on any atom is -0.328 e. The number of rotatable bonds is 8. The van der Waals surface area contributed by atoms with Gasteiger partial charge in [0.15, 0.2) is 5.82 Å². The zero-order valence-corrected chi connectivity index (χ0v) is 24.7. The van der Waals surface area contributed by atoms with Gasteiger partial charge in [0.05, 0.1) is 23.4 Å². The molecule has 242 valence electrons. The molecule has 1 fully saturated rings. The molecule has 0 bridgehead atoms. The Bertz CT molecular complexity index is 1810. The second kappa shape index (κ2) is 12.3. The molecule has 4 aromatic rings. The van der Waals surface area contributed by atoms with E-state index in [1.54, 1.807) is 6.92 Å². The lowest BCUT2D eigenvalue weighted by Gasteiger charge is -2.29. The van der Waals surface area contributed by atoms with Gasteiger partial charge in [0.25, 0.3) is 17.8 Å². The van der Waals surface area contributed by atoms with Crippen LogP contribution in [0.3, 0.4) is 0 Å². The molecule has 1 aliphatic rings. The summed E-state index contributed by atoms with van der Waals surface area (Å²) in [5, 5.41) is 6.05. The zero-order chi connectivity index (χ0) is 33.6. The van der Waals surface area contributed by atoms with Crippen LogP contribution in [0, 0.1) is 18.8 Å². The molecule has 46 heavy (non-hydrogen) atoms. The number of hydrogen-bond acceptors (Lipinski definition) is 6. The number of carbonyl (C=O) groups excluding carboxylic acids is 2. The summed E-state index contributed by atoms with van der Waals surface area (Å²) in [4.78, 5) is 39.6. The topological polar surface area (TPSA) is 106 Å². The van der Waals surface area contributed by atoms with Crippen LogP contribution in [0.2, 0.25) is 5.02 Å². The van der Waals surface area contributed by atoms with Crippen molar-refractivity contribution in [2.24, 2.45) is 5.92 Å². The lowest BCUT2D eigenvalue weighted by atomic mass is 10.1. The molecule has 0 saturated heterocycles. The summed E-state index contributed by atoms with van der Waals surface area (Å²) in [5.74, 6) is -3.08. The Morgan fingerprint density at radius 3 is 2.33 bits per heavy atom. The number of aromatic nitrogens is 5. The number of hydrogen-bond donors (Lipinski definition) is 1. The monoisotopic (exact) mass is 669 g/mol. The smallest absolute Gasteiger partial charge is 0.328 e. The lowest BCUT2D eigenvalue weighted by molar-refractivity contribution is -0.138. The first kappa shape index (κ1) is 32.8. The van der Waals surface area contributed by atoms with Gasteiger partial charge in [-0.15, -0.1) is 5.10 Å². The summed E-state index contributed by atoms with van der Waals surface area (Å²) in [6, 6.07) is 5.17. The van der Waals surface area contributed by atoms with Crippen molar-refractivity contribution in [1.29, 1.82) is 0 Å². The number of nitrogens with zero attached hydrogens (tertiary/aromatic N) is 6. The largest absolute Gasteiger partial charge is 0.416 e. The van der Waals surface area contributed by atoms with Crippen molar-refractivity contribution in [2.75, 3.05) is 11.9 Å². The first-order valence-corrected chi connectivity index (χ1v) is 14.0. The van der Waals surface area contributed by atoms with Gasteiger partial charge in [0.1, 0.15) is 11.5 Å². The average molecular weight is 670 g/mol. The minimum absolute atomic E-state index is 0.0599. The van der Waals surface area contributed by atoms with Gasteiger partial charge in [-0.1, -0.05) is 17.7 Å². The molecule has 1 N–H and O–H groups in total. The third-order valence-electron chi connectivity index (χ3n) is 7.08. The van der Waals surface area contributed by atoms with E-state index in [0.29, 0.717) is 18.2 Å². The number of amides is 2. The van der Waals surface area contributed by atoms with Crippen LogP contribution in [0.15, 0.2) is 48.7 Å². The number of anilines is 1. The molecule has 0 radical (unpaired) electrons. The molecule has 1 saturated carbocycles. The third-order valence-corrected chi connectivity index (χ3v) is 7.30. The number of halogens is 8. The van der Waals surface area contributed by atoms with E-state index in [9.17, 15) is 35.9 Å². The fourth-order valence-corrected chi connectivity index (χ4v) is 4.83. The SMILES string of the molecule is Cc1nc(C(C)N(CC2CC2)C(=O)c2cc(Cl)cc(C(F)(F)F)c2)n(-c2ncc(NC(=O)c3cccc(C(F)(F)F)c3)c(F)n2)n1. The van der Waals surface area contributed by atoms with Gasteiger partial charge in [-0.05, 0) is 69.0 Å². The molecule has 0 aliphatic heterocycles. The van der Waals surface area contributed by atoms with E-state index < -0.39 is 53.0 Å². The van der Waals surface area contributed by atoms with Crippen molar-refractivity contribution in [1.82, 2.24) is 29.6 Å². The molecule has 1 atom stereocenters. The molecule has 1 aliphatic carbocycles. The van der Waals surface area contributed by atoms with Gasteiger partial charge in [-0.25, -0.2) is 9.97 Å². The second-order valence-electron chi connectivity index (χ2n) is 10.6. The van der Waals surface area contributed by atoms with E-state index in [4.69, 9.17) is 11.6 Å². The number of aryl methyl sites for hydroxylation is 1. The third kappa shape index (κ3) is 7.27. The first-order valence-electron chi connectivity index (χ1n) is 13.6. The molecule has 2 heterocycles. The van der Waals surface area contributed by atoms with E-state index in [2.05, 4.69) is 25.4 Å².